The van der Waals surface area contributed by atoms with Crippen LogP contribution in [0.5, 0.6) is 0 Å². The Kier molecular flexibility index (Phi) is 3.56. The van der Waals surface area contributed by atoms with Crippen LogP contribution in [-0.4, -0.2) is 20.6 Å². The van der Waals surface area contributed by atoms with Crippen molar-refractivity contribution in [1.29, 1.82) is 0 Å². The molecule has 5 heterocycles. The van der Waals surface area contributed by atoms with Crippen molar-refractivity contribution in [3.8, 4) is 11.4 Å². The summed E-state index contributed by atoms with van der Waals surface area (Å²) >= 11 is 0. The summed E-state index contributed by atoms with van der Waals surface area (Å²) in [7, 11) is 0. The molecule has 156 valence electrons. The molecular weight excluding hydrogens is 398 g/mol. The van der Waals surface area contributed by atoms with Crippen molar-refractivity contribution in [2.24, 2.45) is 5.73 Å². The maximum absolute atomic E-state index is 13.3. The lowest BCUT2D eigenvalue weighted by Crippen LogP contribution is -2.44. The number of esters is 1. The molecule has 0 aliphatic carbocycles. The van der Waals surface area contributed by atoms with Crippen molar-refractivity contribution in [3.63, 3.8) is 0 Å². The van der Waals surface area contributed by atoms with E-state index in [9.17, 15) is 14.7 Å². The number of benzene rings is 1. The maximum Gasteiger partial charge on any atom is 0.343 e. The second kappa shape index (κ2) is 6.03. The van der Waals surface area contributed by atoms with Gasteiger partial charge < -0.3 is 24.6 Å². The molecule has 8 heteroatoms. The molecule has 2 aliphatic rings. The molecule has 3 N–H and O–H groups in total. The molecule has 0 amide bonds. The molecule has 0 unspecified atom stereocenters. The van der Waals surface area contributed by atoms with Gasteiger partial charge in [-0.15, -0.1) is 0 Å². The summed E-state index contributed by atoms with van der Waals surface area (Å²) in [5, 5.41) is 12.8. The summed E-state index contributed by atoms with van der Waals surface area (Å²) in [5.74, 6) is -0.735. The number of furan rings is 1. The van der Waals surface area contributed by atoms with Crippen LogP contribution in [0.25, 0.3) is 33.3 Å². The summed E-state index contributed by atoms with van der Waals surface area (Å²) in [4.78, 5) is 30.5. The van der Waals surface area contributed by atoms with Crippen molar-refractivity contribution < 1.29 is 19.1 Å². The van der Waals surface area contributed by atoms with E-state index >= 15 is 0 Å². The van der Waals surface area contributed by atoms with Crippen LogP contribution in [0.3, 0.4) is 0 Å². The van der Waals surface area contributed by atoms with Crippen LogP contribution in [0, 0.1) is 0 Å². The predicted molar refractivity (Wildman–Crippen MR) is 112 cm³/mol. The van der Waals surface area contributed by atoms with E-state index < -0.39 is 11.6 Å². The fourth-order valence-electron chi connectivity index (χ4n) is 4.94. The van der Waals surface area contributed by atoms with Crippen molar-refractivity contribution in [1.82, 2.24) is 9.55 Å². The van der Waals surface area contributed by atoms with Crippen molar-refractivity contribution in [3.05, 3.63) is 63.1 Å². The first kappa shape index (κ1) is 18.3. The highest BCUT2D eigenvalue weighted by molar-refractivity contribution is 6.07. The molecule has 1 aromatic carbocycles. The van der Waals surface area contributed by atoms with Crippen molar-refractivity contribution >= 4 is 27.8 Å². The number of cyclic esters (lactones) is 1. The highest BCUT2D eigenvalue weighted by Gasteiger charge is 2.45. The average Bonchev–Trinajstić information content (AvgIpc) is 3.40. The summed E-state index contributed by atoms with van der Waals surface area (Å²) in [6, 6.07) is 7.34. The first-order valence-corrected chi connectivity index (χ1v) is 10.2. The van der Waals surface area contributed by atoms with Gasteiger partial charge in [-0.05, 0) is 36.2 Å². The van der Waals surface area contributed by atoms with Crippen LogP contribution < -0.4 is 11.3 Å². The zero-order chi connectivity index (χ0) is 21.5. The van der Waals surface area contributed by atoms with Gasteiger partial charge >= 0.3 is 5.97 Å². The summed E-state index contributed by atoms with van der Waals surface area (Å²) in [5.41, 5.74) is 9.14. The minimum Gasteiger partial charge on any atom is -0.464 e. The van der Waals surface area contributed by atoms with Gasteiger partial charge in [0, 0.05) is 28.4 Å². The van der Waals surface area contributed by atoms with E-state index in [1.165, 1.54) is 0 Å². The summed E-state index contributed by atoms with van der Waals surface area (Å²) < 4.78 is 12.3. The number of aromatic nitrogens is 2. The van der Waals surface area contributed by atoms with E-state index in [4.69, 9.17) is 19.9 Å². The molecule has 0 radical (unpaired) electrons. The number of nitrogens with zero attached hydrogens (tertiary/aromatic N) is 2. The molecule has 6 rings (SSSR count). The van der Waals surface area contributed by atoms with Gasteiger partial charge in [0.25, 0.3) is 5.56 Å². The number of nitrogens with two attached hydrogens (primary N) is 1. The van der Waals surface area contributed by atoms with Crippen LogP contribution in [0.15, 0.2) is 39.7 Å². The monoisotopic (exact) mass is 417 g/mol. The first-order chi connectivity index (χ1) is 15.0. The quantitative estimate of drug-likeness (QED) is 0.423. The molecule has 0 spiro atoms. The molecule has 1 atom stereocenters. The molecule has 0 saturated heterocycles. The third-order valence-electron chi connectivity index (χ3n) is 6.60. The van der Waals surface area contributed by atoms with Crippen LogP contribution >= 0.6 is 0 Å². The zero-order valence-electron chi connectivity index (χ0n) is 16.8. The number of aliphatic hydroxyl groups is 1. The Bertz CT molecular complexity index is 1500. The molecule has 0 saturated carbocycles. The number of hydrogen-bond acceptors (Lipinski definition) is 7. The third kappa shape index (κ3) is 2.18. The number of ether oxygens (including phenoxy) is 1. The minimum absolute atomic E-state index is 0.103. The highest BCUT2D eigenvalue weighted by atomic mass is 16.6. The van der Waals surface area contributed by atoms with Crippen LogP contribution in [0.4, 0.5) is 0 Å². The van der Waals surface area contributed by atoms with E-state index in [2.05, 4.69) is 0 Å². The number of fused-ring (bicyclic) bond motifs is 7. The Hall–Kier alpha value is -3.49. The van der Waals surface area contributed by atoms with Gasteiger partial charge in [0.2, 0.25) is 0 Å². The molecular formula is C23H19N3O5. The standard InChI is InChI=1S/C23H19N3O5/c1-2-23(29)15-7-17-20-13(9-26(17)21(27)14(15)10-31-22(23)28)12(8-24)19-11-5-6-30-18(11)4-3-16(19)25-20/h3-7,29H,2,8-10,24H2,1H3/t23-/m0/s1. The van der Waals surface area contributed by atoms with E-state index in [1.807, 2.05) is 18.2 Å². The van der Waals surface area contributed by atoms with Crippen molar-refractivity contribution in [2.45, 2.75) is 38.6 Å². The second-order valence-corrected chi connectivity index (χ2v) is 8.02. The predicted octanol–water partition coefficient (Wildman–Crippen LogP) is 2.28. The molecule has 0 bridgehead atoms. The minimum atomic E-state index is -1.85. The van der Waals surface area contributed by atoms with Gasteiger partial charge in [0.05, 0.1) is 35.3 Å². The zero-order valence-corrected chi connectivity index (χ0v) is 16.8. The Labute approximate surface area is 175 Å². The molecule has 31 heavy (non-hydrogen) atoms. The van der Waals surface area contributed by atoms with Gasteiger partial charge in [-0.2, -0.15) is 0 Å². The Morgan fingerprint density at radius 2 is 2.10 bits per heavy atom. The number of hydrogen-bond donors (Lipinski definition) is 2. The smallest absolute Gasteiger partial charge is 0.343 e. The van der Waals surface area contributed by atoms with Crippen LogP contribution in [-0.2, 0) is 34.8 Å². The molecule has 0 fully saturated rings. The Morgan fingerprint density at radius 3 is 2.87 bits per heavy atom. The Balaban J connectivity index is 1.69. The van der Waals surface area contributed by atoms with E-state index in [1.54, 1.807) is 23.8 Å². The number of carbonyl (C=O) groups is 1. The van der Waals surface area contributed by atoms with Crippen molar-refractivity contribution in [2.75, 3.05) is 0 Å². The van der Waals surface area contributed by atoms with Gasteiger partial charge in [-0.25, -0.2) is 9.78 Å². The molecule has 2 aliphatic heterocycles. The molecule has 3 aromatic heterocycles. The summed E-state index contributed by atoms with van der Waals surface area (Å²) in [6.45, 7) is 2.12. The lowest BCUT2D eigenvalue weighted by atomic mass is 9.86. The Morgan fingerprint density at radius 1 is 1.26 bits per heavy atom. The average molecular weight is 417 g/mol. The van der Waals surface area contributed by atoms with Gasteiger partial charge in [-0.1, -0.05) is 6.92 Å². The normalized spacial score (nSPS) is 19.4. The van der Waals surface area contributed by atoms with E-state index in [0.29, 0.717) is 29.1 Å². The third-order valence-corrected chi connectivity index (χ3v) is 6.60. The topological polar surface area (TPSA) is 121 Å². The van der Waals surface area contributed by atoms with E-state index in [0.717, 1.165) is 33.0 Å². The first-order valence-electron chi connectivity index (χ1n) is 10.2. The fourth-order valence-corrected chi connectivity index (χ4v) is 4.94. The number of rotatable bonds is 2. The largest absolute Gasteiger partial charge is 0.464 e. The maximum atomic E-state index is 13.3. The van der Waals surface area contributed by atoms with Crippen LogP contribution in [0.2, 0.25) is 0 Å². The lowest BCUT2D eigenvalue weighted by Gasteiger charge is -2.31. The summed E-state index contributed by atoms with van der Waals surface area (Å²) in [6.07, 6.45) is 1.74. The van der Waals surface area contributed by atoms with E-state index in [-0.39, 0.29) is 25.1 Å². The van der Waals surface area contributed by atoms with Gasteiger partial charge in [-0.3, -0.25) is 4.79 Å². The SMILES string of the molecule is CC[C@@]1(O)C(=O)OCc2c1cc1n(c2=O)Cc2c-1nc1ccc3occc3c1c2CN. The highest BCUT2D eigenvalue weighted by Crippen LogP contribution is 2.41. The number of pyridine rings is 2. The number of carbonyl (C=O) groups excluding carboxylic acids is 1. The lowest BCUT2D eigenvalue weighted by molar-refractivity contribution is -0.172. The van der Waals surface area contributed by atoms with Gasteiger partial charge in [0.15, 0.2) is 5.60 Å². The fraction of sp³-hybridized carbons (Fsp3) is 0.261. The van der Waals surface area contributed by atoms with Gasteiger partial charge in [0.1, 0.15) is 12.2 Å². The molecule has 4 aromatic rings. The second-order valence-electron chi connectivity index (χ2n) is 8.02. The van der Waals surface area contributed by atoms with Crippen LogP contribution in [0.1, 0.15) is 35.6 Å². The molecule has 8 nitrogen and oxygen atoms in total.